The normalized spacial score (nSPS) is 9.50. The van der Waals surface area contributed by atoms with Crippen molar-refractivity contribution < 1.29 is 0 Å². The maximum Gasteiger partial charge on any atom is 0.0747 e. The number of para-hydroxylation sites is 2. The monoisotopic (exact) mass is 192 g/mol. The number of hydrogen-bond acceptors (Lipinski definition) is 4. The first-order chi connectivity index (χ1) is 6.75. The highest BCUT2D eigenvalue weighted by Crippen LogP contribution is 2.18. The molecule has 0 aliphatic heterocycles. The van der Waals surface area contributed by atoms with Crippen molar-refractivity contribution in [3.63, 3.8) is 0 Å². The van der Waals surface area contributed by atoms with E-state index < -0.39 is 0 Å². The number of nitrogens with zero attached hydrogens (tertiary/aromatic N) is 1. The Morgan fingerprint density at radius 1 is 1.43 bits per heavy atom. The predicted molar refractivity (Wildman–Crippen MR) is 60.6 cm³/mol. The minimum Gasteiger partial charge on any atom is -0.397 e. The van der Waals surface area contributed by atoms with Crippen LogP contribution in [0.1, 0.15) is 0 Å². The molecule has 5 N–H and O–H groups in total. The van der Waals surface area contributed by atoms with Crippen molar-refractivity contribution in [3.8, 4) is 0 Å². The molecule has 4 heteroatoms. The predicted octanol–water partition coefficient (Wildman–Crippen LogP) is 0.682. The Morgan fingerprint density at radius 2 is 2.14 bits per heavy atom. The number of nitrogens with one attached hydrogen (secondary N) is 1. The highest BCUT2D eigenvalue weighted by atomic mass is 15.4. The van der Waals surface area contributed by atoms with Gasteiger partial charge >= 0.3 is 0 Å². The third kappa shape index (κ3) is 2.67. The smallest absolute Gasteiger partial charge is 0.0747 e. The first-order valence-corrected chi connectivity index (χ1v) is 4.46. The van der Waals surface area contributed by atoms with Crippen LogP contribution in [0.4, 0.5) is 11.4 Å². The van der Waals surface area contributed by atoms with Crippen LogP contribution in [-0.2, 0) is 0 Å². The van der Waals surface area contributed by atoms with Crippen molar-refractivity contribution in [2.24, 2.45) is 5.84 Å². The van der Waals surface area contributed by atoms with Gasteiger partial charge in [-0.3, -0.25) is 0 Å². The zero-order valence-corrected chi connectivity index (χ0v) is 8.11. The van der Waals surface area contributed by atoms with E-state index in [0.717, 1.165) is 12.2 Å². The Hall–Kier alpha value is -1.68. The lowest BCUT2D eigenvalue weighted by atomic mass is 10.2. The number of hydrogen-bond donors (Lipinski definition) is 3. The number of anilines is 2. The molecule has 0 saturated carbocycles. The fourth-order valence-corrected chi connectivity index (χ4v) is 1.16. The van der Waals surface area contributed by atoms with Gasteiger partial charge in [-0.05, 0) is 18.3 Å². The van der Waals surface area contributed by atoms with Crippen LogP contribution >= 0.6 is 0 Å². The Kier molecular flexibility index (Phi) is 3.82. The van der Waals surface area contributed by atoms with Gasteiger partial charge in [0.15, 0.2) is 0 Å². The molecule has 1 aromatic carbocycles. The summed E-state index contributed by atoms with van der Waals surface area (Å²) >= 11 is 0. The molecule has 4 nitrogen and oxygen atoms in total. The second-order valence-electron chi connectivity index (χ2n) is 2.91. The summed E-state index contributed by atoms with van der Waals surface area (Å²) in [6.45, 7) is 4.98. The Balaban J connectivity index is 2.55. The van der Waals surface area contributed by atoms with Gasteiger partial charge in [0.2, 0.25) is 0 Å². The Labute approximate surface area is 84.2 Å². The van der Waals surface area contributed by atoms with Gasteiger partial charge in [0.05, 0.1) is 17.9 Å². The summed E-state index contributed by atoms with van der Waals surface area (Å²) in [5.74, 6) is 5.82. The first kappa shape index (κ1) is 10.4. The molecule has 0 aromatic heterocycles. The molecule has 0 saturated heterocycles. The van der Waals surface area contributed by atoms with Gasteiger partial charge in [-0.1, -0.05) is 18.7 Å². The fraction of sp³-hybridized carbons (Fsp3) is 0.200. The van der Waals surface area contributed by atoms with E-state index in [2.05, 4.69) is 11.9 Å². The van der Waals surface area contributed by atoms with E-state index in [9.17, 15) is 0 Å². The minimum atomic E-state index is 0.681. The van der Waals surface area contributed by atoms with Crippen LogP contribution in [0, 0.1) is 0 Å². The molecule has 14 heavy (non-hydrogen) atoms. The maximum absolute atomic E-state index is 5.82. The molecule has 0 fully saturated rings. The Morgan fingerprint density at radius 3 is 2.79 bits per heavy atom. The lowest BCUT2D eigenvalue weighted by molar-refractivity contribution is 0.769. The van der Waals surface area contributed by atoms with E-state index in [-0.39, 0.29) is 0 Å². The van der Waals surface area contributed by atoms with Crippen LogP contribution in [-0.4, -0.2) is 13.1 Å². The van der Waals surface area contributed by atoms with Crippen molar-refractivity contribution in [2.45, 2.75) is 0 Å². The van der Waals surface area contributed by atoms with Gasteiger partial charge in [0, 0.05) is 6.54 Å². The van der Waals surface area contributed by atoms with Crippen LogP contribution in [0.25, 0.3) is 0 Å². The van der Waals surface area contributed by atoms with Gasteiger partial charge in [-0.2, -0.15) is 0 Å². The van der Waals surface area contributed by atoms with Crippen LogP contribution in [0.15, 0.2) is 37.0 Å². The summed E-state index contributed by atoms with van der Waals surface area (Å²) in [6, 6.07) is 7.51. The molecule has 0 heterocycles. The average molecular weight is 192 g/mol. The molecule has 0 unspecified atom stereocenters. The van der Waals surface area contributed by atoms with E-state index in [0.29, 0.717) is 12.2 Å². The van der Waals surface area contributed by atoms with Crippen molar-refractivity contribution in [1.82, 2.24) is 5.32 Å². The minimum absolute atomic E-state index is 0.681. The van der Waals surface area contributed by atoms with E-state index in [1.54, 1.807) is 11.2 Å². The van der Waals surface area contributed by atoms with E-state index in [4.69, 9.17) is 11.6 Å². The van der Waals surface area contributed by atoms with Crippen LogP contribution in [0.5, 0.6) is 0 Å². The summed E-state index contributed by atoms with van der Waals surface area (Å²) in [5.41, 5.74) is 7.30. The standard InChI is InChI=1S/C10H16N4/c1-2-13-7-8-14(12)10-6-4-3-5-9(10)11/h2-6,13H,1,7-8,11-12H2. The van der Waals surface area contributed by atoms with Crippen LogP contribution in [0.3, 0.4) is 0 Å². The average Bonchev–Trinajstić information content (AvgIpc) is 2.18. The molecule has 1 aromatic rings. The SMILES string of the molecule is C=CNCCN(N)c1ccccc1N. The first-order valence-electron chi connectivity index (χ1n) is 4.46. The van der Waals surface area contributed by atoms with Gasteiger partial charge in [0.1, 0.15) is 0 Å². The summed E-state index contributed by atoms with van der Waals surface area (Å²) in [6.07, 6.45) is 1.64. The lowest BCUT2D eigenvalue weighted by Gasteiger charge is -2.20. The summed E-state index contributed by atoms with van der Waals surface area (Å²) in [4.78, 5) is 0. The van der Waals surface area contributed by atoms with Crippen molar-refractivity contribution in [1.29, 1.82) is 0 Å². The summed E-state index contributed by atoms with van der Waals surface area (Å²) in [7, 11) is 0. The molecule has 0 bridgehead atoms. The second kappa shape index (κ2) is 5.14. The van der Waals surface area contributed by atoms with Gasteiger partial charge in [0.25, 0.3) is 0 Å². The van der Waals surface area contributed by atoms with Gasteiger partial charge in [-0.25, -0.2) is 5.84 Å². The molecule has 0 spiro atoms. The second-order valence-corrected chi connectivity index (χ2v) is 2.91. The van der Waals surface area contributed by atoms with Gasteiger partial charge < -0.3 is 16.1 Å². The third-order valence-corrected chi connectivity index (χ3v) is 1.89. The zero-order chi connectivity index (χ0) is 10.4. The highest BCUT2D eigenvalue weighted by Gasteiger charge is 2.03. The molecular weight excluding hydrogens is 176 g/mol. The number of hydrazine groups is 1. The Bertz CT molecular complexity index is 298. The number of nitrogens with two attached hydrogens (primary N) is 2. The largest absolute Gasteiger partial charge is 0.397 e. The van der Waals surface area contributed by atoms with E-state index in [1.807, 2.05) is 24.3 Å². The van der Waals surface area contributed by atoms with E-state index in [1.165, 1.54) is 0 Å². The van der Waals surface area contributed by atoms with Crippen LogP contribution < -0.4 is 21.9 Å². The topological polar surface area (TPSA) is 67.3 Å². The van der Waals surface area contributed by atoms with Crippen molar-refractivity contribution in [3.05, 3.63) is 37.0 Å². The molecule has 0 amide bonds. The highest BCUT2D eigenvalue weighted by molar-refractivity contribution is 5.66. The van der Waals surface area contributed by atoms with E-state index >= 15 is 0 Å². The molecule has 1 rings (SSSR count). The lowest BCUT2D eigenvalue weighted by Crippen LogP contribution is -2.36. The number of nitrogen functional groups attached to an aromatic ring is 1. The zero-order valence-electron chi connectivity index (χ0n) is 8.11. The molecule has 0 radical (unpaired) electrons. The molecular formula is C10H16N4. The van der Waals surface area contributed by atoms with Gasteiger partial charge in [-0.15, -0.1) is 0 Å². The molecule has 76 valence electrons. The molecule has 0 atom stereocenters. The summed E-state index contributed by atoms with van der Waals surface area (Å²) < 4.78 is 0. The van der Waals surface area contributed by atoms with Crippen molar-refractivity contribution >= 4 is 11.4 Å². The maximum atomic E-state index is 5.82. The molecule has 0 aliphatic carbocycles. The quantitative estimate of drug-likeness (QED) is 0.278. The third-order valence-electron chi connectivity index (χ3n) is 1.89. The number of rotatable bonds is 5. The van der Waals surface area contributed by atoms with Crippen LogP contribution in [0.2, 0.25) is 0 Å². The number of benzene rings is 1. The molecule has 0 aliphatic rings. The summed E-state index contributed by atoms with van der Waals surface area (Å²) in [5, 5.41) is 4.59. The van der Waals surface area contributed by atoms with Crippen molar-refractivity contribution in [2.75, 3.05) is 23.8 Å². The fourth-order valence-electron chi connectivity index (χ4n) is 1.16.